The van der Waals surface area contributed by atoms with Gasteiger partial charge >= 0.3 is 0 Å². The SMILES string of the molecule is CC1CC(CC(=O)NCCC2CCCNC2)CC(C)(C)C1. The minimum atomic E-state index is 0.272. The van der Waals surface area contributed by atoms with Gasteiger partial charge in [0.15, 0.2) is 0 Å². The topological polar surface area (TPSA) is 41.1 Å². The molecule has 0 bridgehead atoms. The van der Waals surface area contributed by atoms with Crippen LogP contribution in [0.2, 0.25) is 0 Å². The molecule has 122 valence electrons. The van der Waals surface area contributed by atoms with Gasteiger partial charge in [-0.1, -0.05) is 20.8 Å². The molecule has 0 aromatic heterocycles. The molecule has 1 heterocycles. The quantitative estimate of drug-likeness (QED) is 0.816. The lowest BCUT2D eigenvalue weighted by Gasteiger charge is -2.38. The van der Waals surface area contributed by atoms with E-state index in [-0.39, 0.29) is 5.91 Å². The third-order valence-electron chi connectivity index (χ3n) is 5.23. The maximum Gasteiger partial charge on any atom is 0.220 e. The van der Waals surface area contributed by atoms with Crippen LogP contribution in [0.3, 0.4) is 0 Å². The van der Waals surface area contributed by atoms with Gasteiger partial charge in [0.1, 0.15) is 0 Å². The molecule has 1 aliphatic carbocycles. The summed E-state index contributed by atoms with van der Waals surface area (Å²) in [5.41, 5.74) is 0.413. The van der Waals surface area contributed by atoms with Crippen molar-refractivity contribution in [1.82, 2.24) is 10.6 Å². The van der Waals surface area contributed by atoms with Crippen molar-refractivity contribution < 1.29 is 4.79 Å². The first-order valence-corrected chi connectivity index (χ1v) is 8.92. The second-order valence-corrected chi connectivity index (χ2v) is 8.33. The van der Waals surface area contributed by atoms with Gasteiger partial charge in [-0.3, -0.25) is 4.79 Å². The molecule has 1 saturated carbocycles. The van der Waals surface area contributed by atoms with E-state index >= 15 is 0 Å². The van der Waals surface area contributed by atoms with Crippen molar-refractivity contribution in [2.24, 2.45) is 23.2 Å². The molecule has 3 unspecified atom stereocenters. The molecule has 3 nitrogen and oxygen atoms in total. The zero-order valence-electron chi connectivity index (χ0n) is 14.2. The lowest BCUT2D eigenvalue weighted by Crippen LogP contribution is -2.35. The van der Waals surface area contributed by atoms with E-state index < -0.39 is 0 Å². The summed E-state index contributed by atoms with van der Waals surface area (Å²) in [5.74, 6) is 2.38. The highest BCUT2D eigenvalue weighted by Gasteiger charge is 2.32. The van der Waals surface area contributed by atoms with Crippen LogP contribution in [-0.4, -0.2) is 25.5 Å². The molecular weight excluding hydrogens is 260 g/mol. The van der Waals surface area contributed by atoms with Gasteiger partial charge in [-0.2, -0.15) is 0 Å². The maximum atomic E-state index is 12.1. The molecule has 2 aliphatic rings. The summed E-state index contributed by atoms with van der Waals surface area (Å²) < 4.78 is 0. The third-order valence-corrected chi connectivity index (χ3v) is 5.23. The molecule has 1 amide bonds. The lowest BCUT2D eigenvalue weighted by atomic mass is 9.67. The van der Waals surface area contributed by atoms with Gasteiger partial charge < -0.3 is 10.6 Å². The predicted octanol–water partition coefficient (Wildman–Crippen LogP) is 3.34. The Labute approximate surface area is 130 Å². The number of amides is 1. The average Bonchev–Trinajstić information content (AvgIpc) is 2.37. The van der Waals surface area contributed by atoms with Crippen molar-refractivity contribution >= 4 is 5.91 Å². The molecule has 3 atom stereocenters. The van der Waals surface area contributed by atoms with Crippen LogP contribution in [-0.2, 0) is 4.79 Å². The standard InChI is InChI=1S/C18H34N2O/c1-14-9-16(12-18(2,3)11-14)10-17(21)20-8-6-15-5-4-7-19-13-15/h14-16,19H,4-13H2,1-3H3,(H,20,21). The minimum absolute atomic E-state index is 0.272. The third kappa shape index (κ3) is 5.98. The van der Waals surface area contributed by atoms with Crippen molar-refractivity contribution in [3.63, 3.8) is 0 Å². The molecule has 1 aliphatic heterocycles. The van der Waals surface area contributed by atoms with Crippen LogP contribution in [0, 0.1) is 23.2 Å². The van der Waals surface area contributed by atoms with Crippen molar-refractivity contribution in [1.29, 1.82) is 0 Å². The summed E-state index contributed by atoms with van der Waals surface area (Å²) in [7, 11) is 0. The van der Waals surface area contributed by atoms with E-state index in [4.69, 9.17) is 0 Å². The molecule has 3 heteroatoms. The highest BCUT2D eigenvalue weighted by atomic mass is 16.1. The molecule has 0 radical (unpaired) electrons. The molecule has 0 aromatic carbocycles. The Kier molecular flexibility index (Phi) is 6.09. The zero-order valence-corrected chi connectivity index (χ0v) is 14.2. The number of hydrogen-bond acceptors (Lipinski definition) is 2. The summed E-state index contributed by atoms with van der Waals surface area (Å²) in [5, 5.41) is 6.59. The number of hydrogen-bond donors (Lipinski definition) is 2. The van der Waals surface area contributed by atoms with Crippen LogP contribution in [0.25, 0.3) is 0 Å². The van der Waals surface area contributed by atoms with Crippen LogP contribution >= 0.6 is 0 Å². The first-order chi connectivity index (χ1) is 9.94. The Morgan fingerprint density at radius 2 is 2.10 bits per heavy atom. The van der Waals surface area contributed by atoms with E-state index in [9.17, 15) is 4.79 Å². The number of rotatable bonds is 5. The van der Waals surface area contributed by atoms with E-state index in [1.807, 2.05) is 0 Å². The second kappa shape index (κ2) is 7.62. The highest BCUT2D eigenvalue weighted by Crippen LogP contribution is 2.42. The smallest absolute Gasteiger partial charge is 0.220 e. The Morgan fingerprint density at radius 1 is 1.29 bits per heavy atom. The molecular formula is C18H34N2O. The van der Waals surface area contributed by atoms with E-state index in [2.05, 4.69) is 31.4 Å². The van der Waals surface area contributed by atoms with Crippen LogP contribution < -0.4 is 10.6 Å². The average molecular weight is 294 g/mol. The summed E-state index contributed by atoms with van der Waals surface area (Å²) >= 11 is 0. The summed E-state index contributed by atoms with van der Waals surface area (Å²) in [6.45, 7) is 10.2. The number of carbonyl (C=O) groups excluding carboxylic acids is 1. The number of carbonyl (C=O) groups is 1. The molecule has 2 N–H and O–H groups in total. The predicted molar refractivity (Wildman–Crippen MR) is 88.1 cm³/mol. The highest BCUT2D eigenvalue weighted by molar-refractivity contribution is 5.76. The largest absolute Gasteiger partial charge is 0.356 e. The number of nitrogens with one attached hydrogen (secondary N) is 2. The number of piperidine rings is 1. The van der Waals surface area contributed by atoms with Crippen molar-refractivity contribution in [2.45, 2.75) is 65.7 Å². The Morgan fingerprint density at radius 3 is 2.76 bits per heavy atom. The lowest BCUT2D eigenvalue weighted by molar-refractivity contribution is -0.122. The molecule has 0 aromatic rings. The van der Waals surface area contributed by atoms with Gasteiger partial charge in [0, 0.05) is 13.0 Å². The van der Waals surface area contributed by atoms with Crippen LogP contribution in [0.4, 0.5) is 0 Å². The van der Waals surface area contributed by atoms with E-state index in [0.29, 0.717) is 11.3 Å². The Balaban J connectivity index is 1.64. The van der Waals surface area contributed by atoms with Gasteiger partial charge in [0.2, 0.25) is 5.91 Å². The van der Waals surface area contributed by atoms with Gasteiger partial charge in [-0.15, -0.1) is 0 Å². The Bertz CT molecular complexity index is 334. The summed E-state index contributed by atoms with van der Waals surface area (Å²) in [6, 6.07) is 0. The summed E-state index contributed by atoms with van der Waals surface area (Å²) in [6.07, 6.45) is 8.20. The van der Waals surface area contributed by atoms with Crippen molar-refractivity contribution in [3.05, 3.63) is 0 Å². The Hall–Kier alpha value is -0.570. The fourth-order valence-electron chi connectivity index (χ4n) is 4.62. The van der Waals surface area contributed by atoms with Gasteiger partial charge in [-0.25, -0.2) is 0 Å². The zero-order chi connectivity index (χ0) is 15.3. The molecule has 2 fully saturated rings. The van der Waals surface area contributed by atoms with E-state index in [1.165, 1.54) is 38.6 Å². The van der Waals surface area contributed by atoms with Gasteiger partial charge in [0.25, 0.3) is 0 Å². The molecule has 1 saturated heterocycles. The monoisotopic (exact) mass is 294 g/mol. The van der Waals surface area contributed by atoms with E-state index in [0.717, 1.165) is 37.8 Å². The van der Waals surface area contributed by atoms with Gasteiger partial charge in [0.05, 0.1) is 0 Å². The summed E-state index contributed by atoms with van der Waals surface area (Å²) in [4.78, 5) is 12.1. The molecule has 0 spiro atoms. The second-order valence-electron chi connectivity index (χ2n) is 8.33. The van der Waals surface area contributed by atoms with Crippen LogP contribution in [0.15, 0.2) is 0 Å². The molecule has 2 rings (SSSR count). The van der Waals surface area contributed by atoms with Crippen molar-refractivity contribution in [3.8, 4) is 0 Å². The van der Waals surface area contributed by atoms with Crippen LogP contribution in [0.5, 0.6) is 0 Å². The first-order valence-electron chi connectivity index (χ1n) is 8.92. The van der Waals surface area contributed by atoms with Crippen LogP contribution in [0.1, 0.15) is 65.7 Å². The maximum absolute atomic E-state index is 12.1. The van der Waals surface area contributed by atoms with Gasteiger partial charge in [-0.05, 0) is 74.8 Å². The van der Waals surface area contributed by atoms with Crippen molar-refractivity contribution in [2.75, 3.05) is 19.6 Å². The normalized spacial score (nSPS) is 32.6. The molecule has 21 heavy (non-hydrogen) atoms. The fraction of sp³-hybridized carbons (Fsp3) is 0.944. The minimum Gasteiger partial charge on any atom is -0.356 e. The fourth-order valence-corrected chi connectivity index (χ4v) is 4.62. The first kappa shape index (κ1) is 16.8. The van der Waals surface area contributed by atoms with E-state index in [1.54, 1.807) is 0 Å².